The molecule has 0 aliphatic rings. The van der Waals surface area contributed by atoms with Gasteiger partial charge in [0.25, 0.3) is 0 Å². The van der Waals surface area contributed by atoms with E-state index in [1.165, 1.54) is 7.05 Å². The molecule has 0 aliphatic heterocycles. The number of benzene rings is 1. The summed E-state index contributed by atoms with van der Waals surface area (Å²) in [4.78, 5) is 11.2. The Morgan fingerprint density at radius 3 is 2.44 bits per heavy atom. The maximum atomic E-state index is 12.0. The summed E-state index contributed by atoms with van der Waals surface area (Å²) in [6.45, 7) is 1.66. The van der Waals surface area contributed by atoms with Crippen LogP contribution in [0.5, 0.6) is 0 Å². The summed E-state index contributed by atoms with van der Waals surface area (Å²) in [6.07, 6.45) is 0. The number of hydrogen-bond acceptors (Lipinski definition) is 4. The lowest BCUT2D eigenvalue weighted by Gasteiger charge is -2.16. The molecule has 0 atom stereocenters. The fraction of sp³-hybridized carbons (Fsp3) is 0.417. The van der Waals surface area contributed by atoms with Crippen molar-refractivity contribution in [3.63, 3.8) is 0 Å². The maximum absolute atomic E-state index is 12.0. The zero-order valence-electron chi connectivity index (χ0n) is 10.5. The van der Waals surface area contributed by atoms with Crippen LogP contribution in [0.2, 0.25) is 0 Å². The highest BCUT2D eigenvalue weighted by Gasteiger charge is 2.21. The summed E-state index contributed by atoms with van der Waals surface area (Å²) in [5.74, 6) is -0.666. The van der Waals surface area contributed by atoms with Crippen molar-refractivity contribution in [1.29, 1.82) is 0 Å². The van der Waals surface area contributed by atoms with Crippen LogP contribution in [-0.4, -0.2) is 38.9 Å². The highest BCUT2D eigenvalue weighted by atomic mass is 32.2. The highest BCUT2D eigenvalue weighted by molar-refractivity contribution is 7.88. The summed E-state index contributed by atoms with van der Waals surface area (Å²) in [5.41, 5.74) is 0.688. The number of hydrogen-bond donors (Lipinski definition) is 0. The molecule has 0 bridgehead atoms. The number of ether oxygens (including phenoxy) is 1. The quantitative estimate of drug-likeness (QED) is 0.724. The molecule has 0 unspecified atom stereocenters. The molecule has 0 aromatic heterocycles. The Bertz CT molecular complexity index is 484. The predicted molar refractivity (Wildman–Crippen MR) is 68.3 cm³/mol. The summed E-state index contributed by atoms with van der Waals surface area (Å²) in [5, 5.41) is 0. The van der Waals surface area contributed by atoms with Crippen LogP contribution in [0, 0.1) is 0 Å². The van der Waals surface area contributed by atoms with Crippen molar-refractivity contribution in [3.8, 4) is 0 Å². The molecular weight excluding hydrogens is 254 g/mol. The maximum Gasteiger partial charge on any atom is 0.321 e. The van der Waals surface area contributed by atoms with Gasteiger partial charge in [-0.15, -0.1) is 0 Å². The Labute approximate surface area is 107 Å². The number of likely N-dealkylation sites (N-methyl/N-ethyl adjacent to an activating group) is 1. The molecule has 100 valence electrons. The Hall–Kier alpha value is -1.40. The van der Waals surface area contributed by atoms with E-state index in [0.29, 0.717) is 5.56 Å². The van der Waals surface area contributed by atoms with E-state index in [2.05, 4.69) is 0 Å². The van der Waals surface area contributed by atoms with E-state index in [-0.39, 0.29) is 18.9 Å². The van der Waals surface area contributed by atoms with Gasteiger partial charge in [-0.3, -0.25) is 4.79 Å². The third-order valence-electron chi connectivity index (χ3n) is 2.32. The Kier molecular flexibility index (Phi) is 5.30. The fourth-order valence-corrected chi connectivity index (χ4v) is 2.52. The minimum atomic E-state index is -3.49. The van der Waals surface area contributed by atoms with Crippen LogP contribution in [0.4, 0.5) is 0 Å². The smallest absolute Gasteiger partial charge is 0.321 e. The van der Waals surface area contributed by atoms with Crippen LogP contribution in [-0.2, 0) is 25.3 Å². The highest BCUT2D eigenvalue weighted by Crippen LogP contribution is 2.09. The van der Waals surface area contributed by atoms with Crippen LogP contribution >= 0.6 is 0 Å². The first-order chi connectivity index (χ1) is 8.45. The van der Waals surface area contributed by atoms with Crippen LogP contribution in [0.15, 0.2) is 30.3 Å². The first-order valence-electron chi connectivity index (χ1n) is 5.59. The molecule has 1 aromatic carbocycles. The summed E-state index contributed by atoms with van der Waals surface area (Å²) in [6, 6.07) is 8.83. The standard InChI is InChI=1S/C12H17NO4S/c1-3-17-12(14)9-13(2)18(15,16)10-11-7-5-4-6-8-11/h4-8H,3,9-10H2,1-2H3. The van der Waals surface area contributed by atoms with Crippen molar-refractivity contribution in [1.82, 2.24) is 4.31 Å². The molecule has 0 N–H and O–H groups in total. The molecule has 18 heavy (non-hydrogen) atoms. The number of rotatable bonds is 6. The first kappa shape index (κ1) is 14.7. The summed E-state index contributed by atoms with van der Waals surface area (Å²) < 4.78 is 29.6. The lowest BCUT2D eigenvalue weighted by atomic mass is 10.2. The van der Waals surface area contributed by atoms with Gasteiger partial charge in [-0.05, 0) is 12.5 Å². The van der Waals surface area contributed by atoms with E-state index in [0.717, 1.165) is 4.31 Å². The lowest BCUT2D eigenvalue weighted by molar-refractivity contribution is -0.143. The van der Waals surface area contributed by atoms with Crippen molar-refractivity contribution in [3.05, 3.63) is 35.9 Å². The van der Waals surface area contributed by atoms with Crippen molar-refractivity contribution >= 4 is 16.0 Å². The zero-order chi connectivity index (χ0) is 13.6. The van der Waals surface area contributed by atoms with Gasteiger partial charge >= 0.3 is 5.97 Å². The van der Waals surface area contributed by atoms with E-state index in [4.69, 9.17) is 4.74 Å². The molecule has 0 aliphatic carbocycles. The second-order valence-corrected chi connectivity index (χ2v) is 5.88. The van der Waals surface area contributed by atoms with E-state index in [9.17, 15) is 13.2 Å². The van der Waals surface area contributed by atoms with Crippen LogP contribution in [0.3, 0.4) is 0 Å². The molecule has 6 heteroatoms. The second-order valence-electron chi connectivity index (χ2n) is 3.80. The minimum Gasteiger partial charge on any atom is -0.465 e. The van der Waals surface area contributed by atoms with Crippen LogP contribution < -0.4 is 0 Å². The lowest BCUT2D eigenvalue weighted by Crippen LogP contribution is -2.33. The molecule has 1 aromatic rings. The van der Waals surface area contributed by atoms with Crippen LogP contribution in [0.25, 0.3) is 0 Å². The molecule has 0 saturated carbocycles. The van der Waals surface area contributed by atoms with Gasteiger partial charge in [-0.1, -0.05) is 30.3 Å². The van der Waals surface area contributed by atoms with E-state index < -0.39 is 16.0 Å². The normalized spacial score (nSPS) is 11.5. The van der Waals surface area contributed by atoms with E-state index in [1.807, 2.05) is 6.07 Å². The summed E-state index contributed by atoms with van der Waals surface area (Å²) in [7, 11) is -2.12. The van der Waals surface area contributed by atoms with Crippen molar-refractivity contribution in [2.24, 2.45) is 0 Å². The number of nitrogens with zero attached hydrogens (tertiary/aromatic N) is 1. The van der Waals surface area contributed by atoms with Crippen molar-refractivity contribution in [2.45, 2.75) is 12.7 Å². The largest absolute Gasteiger partial charge is 0.465 e. The van der Waals surface area contributed by atoms with Gasteiger partial charge in [0.1, 0.15) is 6.54 Å². The molecule has 5 nitrogen and oxygen atoms in total. The van der Waals surface area contributed by atoms with Crippen molar-refractivity contribution in [2.75, 3.05) is 20.2 Å². The molecule has 0 heterocycles. The molecule has 0 fully saturated rings. The number of esters is 1. The van der Waals surface area contributed by atoms with Gasteiger partial charge in [0.15, 0.2) is 0 Å². The molecule has 0 amide bonds. The number of sulfonamides is 1. The average molecular weight is 271 g/mol. The summed E-state index contributed by atoms with van der Waals surface area (Å²) >= 11 is 0. The SMILES string of the molecule is CCOC(=O)CN(C)S(=O)(=O)Cc1ccccc1. The number of carbonyl (C=O) groups is 1. The van der Waals surface area contributed by atoms with Crippen LogP contribution in [0.1, 0.15) is 12.5 Å². The Morgan fingerprint density at radius 2 is 1.89 bits per heavy atom. The molecule has 0 spiro atoms. The van der Waals surface area contributed by atoms with Crippen molar-refractivity contribution < 1.29 is 17.9 Å². The molecule has 0 saturated heterocycles. The third kappa shape index (κ3) is 4.46. The molecular formula is C12H17NO4S. The van der Waals surface area contributed by atoms with Gasteiger partial charge in [0.2, 0.25) is 10.0 Å². The predicted octanol–water partition coefficient (Wildman–Crippen LogP) is 1.01. The van der Waals surface area contributed by atoms with Gasteiger partial charge in [0.05, 0.1) is 12.4 Å². The second kappa shape index (κ2) is 6.51. The van der Waals surface area contributed by atoms with Gasteiger partial charge in [-0.25, -0.2) is 8.42 Å². The Balaban J connectivity index is 2.66. The monoisotopic (exact) mass is 271 g/mol. The Morgan fingerprint density at radius 1 is 1.28 bits per heavy atom. The van der Waals surface area contributed by atoms with Gasteiger partial charge in [0, 0.05) is 7.05 Å². The molecule has 0 radical (unpaired) electrons. The van der Waals surface area contributed by atoms with E-state index in [1.54, 1.807) is 31.2 Å². The van der Waals surface area contributed by atoms with E-state index >= 15 is 0 Å². The zero-order valence-corrected chi connectivity index (χ0v) is 11.3. The minimum absolute atomic E-state index is 0.121. The van der Waals surface area contributed by atoms with Gasteiger partial charge < -0.3 is 4.74 Å². The topological polar surface area (TPSA) is 63.7 Å². The fourth-order valence-electron chi connectivity index (χ4n) is 1.38. The average Bonchev–Trinajstić information content (AvgIpc) is 2.29. The van der Waals surface area contributed by atoms with Gasteiger partial charge in [-0.2, -0.15) is 4.31 Å². The first-order valence-corrected chi connectivity index (χ1v) is 7.20. The molecule has 1 rings (SSSR count). The number of carbonyl (C=O) groups excluding carboxylic acids is 1. The third-order valence-corrected chi connectivity index (χ3v) is 4.10.